The van der Waals surface area contributed by atoms with Crippen molar-refractivity contribution >= 4 is 5.78 Å². The van der Waals surface area contributed by atoms with E-state index in [-0.39, 0.29) is 10.8 Å². The van der Waals surface area contributed by atoms with Crippen LogP contribution in [-0.4, -0.2) is 39.4 Å². The van der Waals surface area contributed by atoms with Crippen molar-refractivity contribution in [2.24, 2.45) is 28.6 Å². The van der Waals surface area contributed by atoms with Gasteiger partial charge in [-0.25, -0.2) is 0 Å². The Balaban J connectivity index is 1.33. The number of unbranched alkanes of at least 4 members (excludes halogenated alkanes) is 2. The van der Waals surface area contributed by atoms with Crippen LogP contribution in [-0.2, 0) is 4.79 Å². The number of hydrogen-bond acceptors (Lipinski definition) is 4. The molecule has 0 aromatic carbocycles. The molecule has 0 bridgehead atoms. The molecule has 4 aliphatic carbocycles. The van der Waals surface area contributed by atoms with E-state index in [1.54, 1.807) is 0 Å². The van der Waals surface area contributed by atoms with Crippen molar-refractivity contribution in [3.63, 3.8) is 0 Å². The van der Waals surface area contributed by atoms with Gasteiger partial charge in [0.05, 0.1) is 18.3 Å². The summed E-state index contributed by atoms with van der Waals surface area (Å²) in [5, 5.41) is 31.1. The predicted octanol–water partition coefficient (Wildman–Crippen LogP) is 7.39. The van der Waals surface area contributed by atoms with Gasteiger partial charge < -0.3 is 15.3 Å². The molecule has 7 atom stereocenters. The Hall–Kier alpha value is -1.49. The molecule has 3 N–H and O–H groups in total. The molecule has 0 saturated heterocycles. The molecule has 4 aliphatic rings. The average Bonchev–Trinajstić information content (AvgIpc) is 3.61. The largest absolute Gasteiger partial charge is 0.393 e. The predicted molar refractivity (Wildman–Crippen MR) is 159 cm³/mol. The average molecular weight is 539 g/mol. The lowest BCUT2D eigenvalue weighted by Gasteiger charge is -2.44. The summed E-state index contributed by atoms with van der Waals surface area (Å²) in [7, 11) is 0. The number of hydrogen-bond donors (Lipinski definition) is 3. The zero-order valence-corrected chi connectivity index (χ0v) is 24.8. The van der Waals surface area contributed by atoms with Crippen LogP contribution in [0.2, 0.25) is 0 Å². The van der Waals surface area contributed by atoms with Gasteiger partial charge in [0.25, 0.3) is 0 Å². The smallest absolute Gasteiger partial charge is 0.139 e. The molecule has 0 amide bonds. The minimum atomic E-state index is -0.644. The Kier molecular flexibility index (Phi) is 10.2. The summed E-state index contributed by atoms with van der Waals surface area (Å²) in [5.41, 5.74) is 3.38. The van der Waals surface area contributed by atoms with Crippen molar-refractivity contribution in [2.45, 2.75) is 135 Å². The molecule has 0 aromatic rings. The van der Waals surface area contributed by atoms with E-state index in [4.69, 9.17) is 0 Å². The highest BCUT2D eigenvalue weighted by Gasteiger charge is 2.50. The van der Waals surface area contributed by atoms with E-state index in [0.717, 1.165) is 56.1 Å². The van der Waals surface area contributed by atoms with Gasteiger partial charge in [0.1, 0.15) is 5.78 Å². The third-order valence-electron chi connectivity index (χ3n) is 10.9. The van der Waals surface area contributed by atoms with Gasteiger partial charge in [-0.1, -0.05) is 70.1 Å². The van der Waals surface area contributed by atoms with Crippen LogP contribution >= 0.6 is 0 Å². The highest BCUT2D eigenvalue weighted by atomic mass is 16.3. The number of carbonyl (C=O) groups is 1. The van der Waals surface area contributed by atoms with Gasteiger partial charge in [0.2, 0.25) is 0 Å². The molecule has 218 valence electrons. The molecule has 0 aliphatic heterocycles. The molecular weight excluding hydrogens is 484 g/mol. The molecule has 39 heavy (non-hydrogen) atoms. The maximum atomic E-state index is 12.7. The van der Waals surface area contributed by atoms with Gasteiger partial charge in [-0.15, -0.1) is 0 Å². The number of aliphatic hydroxyl groups excluding tert-OH is 3. The van der Waals surface area contributed by atoms with Crippen molar-refractivity contribution in [3.8, 4) is 0 Å². The van der Waals surface area contributed by atoms with Gasteiger partial charge in [0.15, 0.2) is 0 Å². The molecule has 4 heteroatoms. The maximum Gasteiger partial charge on any atom is 0.139 e. The van der Waals surface area contributed by atoms with Crippen molar-refractivity contribution in [1.82, 2.24) is 0 Å². The summed E-state index contributed by atoms with van der Waals surface area (Å²) in [4.78, 5) is 12.7. The van der Waals surface area contributed by atoms with E-state index in [1.807, 2.05) is 6.08 Å². The van der Waals surface area contributed by atoms with Gasteiger partial charge in [-0.05, 0) is 105 Å². The van der Waals surface area contributed by atoms with Crippen LogP contribution < -0.4 is 0 Å². The zero-order valence-electron chi connectivity index (χ0n) is 24.8. The first-order valence-corrected chi connectivity index (χ1v) is 15.9. The molecule has 4 fully saturated rings. The Morgan fingerprint density at radius 3 is 2.62 bits per heavy atom. The fourth-order valence-electron chi connectivity index (χ4n) is 8.19. The van der Waals surface area contributed by atoms with Gasteiger partial charge in [0, 0.05) is 18.3 Å². The van der Waals surface area contributed by atoms with Crippen LogP contribution in [0, 0.1) is 28.6 Å². The Bertz CT molecular complexity index is 969. The van der Waals surface area contributed by atoms with E-state index >= 15 is 0 Å². The molecule has 0 spiro atoms. The quantitative estimate of drug-likeness (QED) is 0.179. The SMILES string of the molecule is C=C1/C(=C\C=C2/CCC[C@]3(C)[C@@H]([C@H](C)/C=C/[C@H](O)CCC4(C(=O)CCCCC)CC4)CC[C@@H]23)C[C@@H](O)C[C@@H]1O. The summed E-state index contributed by atoms with van der Waals surface area (Å²) in [6, 6.07) is 0. The standard InChI is InChI=1S/C35H54O4/c1-5-6-7-10-33(39)35(20-21-35)19-17-28(36)14-11-24(2)30-15-16-31-26(9-8-18-34(30,31)4)12-13-27-22-29(37)23-32(38)25(27)3/h11-14,24,28-32,36-38H,3,5-10,15-23H2,1-2,4H3/b14-11+,26-12+,27-13-/t24-,28+,29-,30-,31+,32+,34-/m1/s1. The number of allylic oxidation sites excluding steroid dienone is 4. The molecule has 0 heterocycles. The van der Waals surface area contributed by atoms with E-state index in [1.165, 1.54) is 31.3 Å². The number of Topliss-reactive ketones (excluding diaryl/α,β-unsaturated/α-hetero) is 1. The lowest BCUT2D eigenvalue weighted by Crippen LogP contribution is -2.35. The highest BCUT2D eigenvalue weighted by molar-refractivity contribution is 5.87. The highest BCUT2D eigenvalue weighted by Crippen LogP contribution is 2.59. The summed E-state index contributed by atoms with van der Waals surface area (Å²) in [5.74, 6) is 1.99. The van der Waals surface area contributed by atoms with E-state index in [9.17, 15) is 20.1 Å². The second-order valence-corrected chi connectivity index (χ2v) is 13.7. The molecule has 0 radical (unpaired) electrons. The number of aliphatic hydroxyl groups is 3. The van der Waals surface area contributed by atoms with Crippen molar-refractivity contribution < 1.29 is 20.1 Å². The Labute approximate surface area is 237 Å². The summed E-state index contributed by atoms with van der Waals surface area (Å²) >= 11 is 0. The van der Waals surface area contributed by atoms with Gasteiger partial charge >= 0.3 is 0 Å². The maximum absolute atomic E-state index is 12.7. The minimum Gasteiger partial charge on any atom is -0.393 e. The number of rotatable bonds is 12. The van der Waals surface area contributed by atoms with Crippen LogP contribution in [0.25, 0.3) is 0 Å². The normalized spacial score (nSPS) is 35.9. The summed E-state index contributed by atoms with van der Waals surface area (Å²) in [6.07, 6.45) is 21.5. The lowest BCUT2D eigenvalue weighted by molar-refractivity contribution is -0.124. The van der Waals surface area contributed by atoms with Gasteiger partial charge in [-0.2, -0.15) is 0 Å². The number of ketones is 1. The molecule has 0 aromatic heterocycles. The van der Waals surface area contributed by atoms with E-state index < -0.39 is 18.3 Å². The molecule has 4 saturated carbocycles. The first-order chi connectivity index (χ1) is 18.6. The van der Waals surface area contributed by atoms with E-state index in [0.29, 0.717) is 49.2 Å². The van der Waals surface area contributed by atoms with Crippen molar-refractivity contribution in [2.75, 3.05) is 0 Å². The van der Waals surface area contributed by atoms with Crippen LogP contribution in [0.5, 0.6) is 0 Å². The second-order valence-electron chi connectivity index (χ2n) is 13.7. The lowest BCUT2D eigenvalue weighted by atomic mass is 9.61. The Morgan fingerprint density at radius 1 is 1.13 bits per heavy atom. The van der Waals surface area contributed by atoms with Crippen LogP contribution in [0.1, 0.15) is 117 Å². The van der Waals surface area contributed by atoms with Gasteiger partial charge in [-0.3, -0.25) is 4.79 Å². The first-order valence-electron chi connectivity index (χ1n) is 15.9. The summed E-state index contributed by atoms with van der Waals surface area (Å²) < 4.78 is 0. The van der Waals surface area contributed by atoms with Crippen LogP contribution in [0.15, 0.2) is 47.6 Å². The molecule has 4 nitrogen and oxygen atoms in total. The minimum absolute atomic E-state index is 0.124. The number of carbonyl (C=O) groups excluding carboxylic acids is 1. The molecule has 0 unspecified atom stereocenters. The van der Waals surface area contributed by atoms with E-state index in [2.05, 4.69) is 45.6 Å². The monoisotopic (exact) mass is 538 g/mol. The van der Waals surface area contributed by atoms with Crippen LogP contribution in [0.3, 0.4) is 0 Å². The number of fused-ring (bicyclic) bond motifs is 1. The Morgan fingerprint density at radius 2 is 1.90 bits per heavy atom. The third-order valence-corrected chi connectivity index (χ3v) is 10.9. The zero-order chi connectivity index (χ0) is 28.2. The topological polar surface area (TPSA) is 77.8 Å². The second kappa shape index (κ2) is 13.0. The van der Waals surface area contributed by atoms with Crippen molar-refractivity contribution in [1.29, 1.82) is 0 Å². The third kappa shape index (κ3) is 7.05. The van der Waals surface area contributed by atoms with Crippen LogP contribution in [0.4, 0.5) is 0 Å². The fourth-order valence-corrected chi connectivity index (χ4v) is 8.19. The summed E-state index contributed by atoms with van der Waals surface area (Å²) in [6.45, 7) is 11.0. The molecule has 4 rings (SSSR count). The fraction of sp³-hybridized carbons (Fsp3) is 0.743. The first kappa shape index (κ1) is 30.5. The molecular formula is C35H54O4. The van der Waals surface area contributed by atoms with Crippen molar-refractivity contribution in [3.05, 3.63) is 47.6 Å².